The van der Waals surface area contributed by atoms with E-state index < -0.39 is 8.80 Å². The van der Waals surface area contributed by atoms with Gasteiger partial charge in [0, 0.05) is 19.3 Å². The van der Waals surface area contributed by atoms with E-state index in [1.165, 1.54) is 0 Å². The third-order valence-corrected chi connectivity index (χ3v) is 8.08. The van der Waals surface area contributed by atoms with Crippen molar-refractivity contribution in [3.8, 4) is 0 Å². The Morgan fingerprint density at radius 1 is 0.741 bits per heavy atom. The van der Waals surface area contributed by atoms with Crippen molar-refractivity contribution in [1.29, 1.82) is 0 Å². The molecule has 1 unspecified atom stereocenters. The molecular formula is C18H45N5O3Si. The highest BCUT2D eigenvalue weighted by Gasteiger charge is 2.47. The molecule has 0 amide bonds. The Labute approximate surface area is 167 Å². The molecule has 0 aliphatic heterocycles. The molecule has 0 heterocycles. The first kappa shape index (κ1) is 26.9. The molecule has 0 aromatic carbocycles. The zero-order valence-corrected chi connectivity index (χ0v) is 18.6. The van der Waals surface area contributed by atoms with Gasteiger partial charge in [0.2, 0.25) is 0 Å². The van der Waals surface area contributed by atoms with E-state index in [0.29, 0.717) is 52.0 Å². The molecule has 0 aromatic rings. The first-order chi connectivity index (χ1) is 13.0. The van der Waals surface area contributed by atoms with Crippen LogP contribution in [0.4, 0.5) is 0 Å². The summed E-state index contributed by atoms with van der Waals surface area (Å²) in [5.74, 6) is 0. The molecule has 0 aliphatic rings. The van der Waals surface area contributed by atoms with Crippen molar-refractivity contribution in [3.63, 3.8) is 0 Å². The number of hydrogen-bond acceptors (Lipinski definition) is 8. The second-order valence-electron chi connectivity index (χ2n) is 6.96. The van der Waals surface area contributed by atoms with Gasteiger partial charge in [0.15, 0.2) is 0 Å². The fourth-order valence-corrected chi connectivity index (χ4v) is 6.75. The standard InChI is InChI=1S/C18H45N5O3Si/c1-3-24-27(25-4-2,16-6-12-20)26-17(7-5-11-19)18(8-13-21,9-14-22)10-15-23/h17H,3-16,19-23H2,1-2H3. The quantitative estimate of drug-likeness (QED) is 0.194. The molecular weight excluding hydrogens is 362 g/mol. The second kappa shape index (κ2) is 15.8. The maximum Gasteiger partial charge on any atom is 0.501 e. The van der Waals surface area contributed by atoms with E-state index in [1.54, 1.807) is 0 Å². The van der Waals surface area contributed by atoms with Gasteiger partial charge in [-0.15, -0.1) is 0 Å². The van der Waals surface area contributed by atoms with Gasteiger partial charge in [-0.1, -0.05) is 0 Å². The van der Waals surface area contributed by atoms with Crippen LogP contribution in [-0.2, 0) is 13.3 Å². The van der Waals surface area contributed by atoms with Gasteiger partial charge < -0.3 is 41.9 Å². The van der Waals surface area contributed by atoms with E-state index in [0.717, 1.165) is 38.5 Å². The van der Waals surface area contributed by atoms with Crippen LogP contribution in [0.2, 0.25) is 6.04 Å². The maximum absolute atomic E-state index is 6.76. The predicted octanol–water partition coefficient (Wildman–Crippen LogP) is 0.504. The average Bonchev–Trinajstić information content (AvgIpc) is 2.64. The number of hydrogen-bond donors (Lipinski definition) is 5. The first-order valence-corrected chi connectivity index (χ1v) is 12.4. The van der Waals surface area contributed by atoms with E-state index in [1.807, 2.05) is 13.8 Å². The summed E-state index contributed by atoms with van der Waals surface area (Å²) in [5, 5.41) is 0. The molecule has 0 fully saturated rings. The van der Waals surface area contributed by atoms with Gasteiger partial charge in [0.05, 0.1) is 6.10 Å². The average molecular weight is 408 g/mol. The van der Waals surface area contributed by atoms with Crippen molar-refractivity contribution in [3.05, 3.63) is 0 Å². The van der Waals surface area contributed by atoms with Gasteiger partial charge in [0.25, 0.3) is 0 Å². The molecule has 0 saturated heterocycles. The Hall–Kier alpha value is -0.103. The number of nitrogens with two attached hydrogens (primary N) is 5. The molecule has 1 atom stereocenters. The van der Waals surface area contributed by atoms with Crippen LogP contribution in [-0.4, -0.2) is 60.8 Å². The summed E-state index contributed by atoms with van der Waals surface area (Å²) in [6.07, 6.45) is 4.77. The van der Waals surface area contributed by atoms with Crippen LogP contribution in [0.25, 0.3) is 0 Å². The summed E-state index contributed by atoms with van der Waals surface area (Å²) in [6, 6.07) is 0.703. The molecule has 0 aromatic heterocycles. The van der Waals surface area contributed by atoms with Crippen molar-refractivity contribution in [2.45, 2.75) is 64.5 Å². The van der Waals surface area contributed by atoms with Gasteiger partial charge in [-0.2, -0.15) is 0 Å². The van der Waals surface area contributed by atoms with Crippen molar-refractivity contribution >= 4 is 8.80 Å². The Balaban J connectivity index is 5.84. The Morgan fingerprint density at radius 2 is 1.22 bits per heavy atom. The van der Waals surface area contributed by atoms with E-state index in [4.69, 9.17) is 41.9 Å². The fourth-order valence-electron chi connectivity index (χ4n) is 3.80. The van der Waals surface area contributed by atoms with Gasteiger partial charge in [0.1, 0.15) is 0 Å². The van der Waals surface area contributed by atoms with E-state index >= 15 is 0 Å². The molecule has 0 radical (unpaired) electrons. The highest BCUT2D eigenvalue weighted by Crippen LogP contribution is 2.40. The van der Waals surface area contributed by atoms with Crippen molar-refractivity contribution in [2.24, 2.45) is 34.1 Å². The molecule has 0 aliphatic carbocycles. The summed E-state index contributed by atoms with van der Waals surface area (Å²) in [5.41, 5.74) is 29.3. The van der Waals surface area contributed by atoms with E-state index in [-0.39, 0.29) is 11.5 Å². The molecule has 164 valence electrons. The molecule has 0 saturated carbocycles. The third kappa shape index (κ3) is 9.29. The van der Waals surface area contributed by atoms with Crippen molar-refractivity contribution in [1.82, 2.24) is 0 Å². The second-order valence-corrected chi connectivity index (χ2v) is 9.64. The minimum absolute atomic E-state index is 0.0979. The lowest BCUT2D eigenvalue weighted by atomic mass is 9.72. The molecule has 9 heteroatoms. The molecule has 0 bridgehead atoms. The predicted molar refractivity (Wildman–Crippen MR) is 114 cm³/mol. The lowest BCUT2D eigenvalue weighted by Crippen LogP contribution is -2.54. The lowest BCUT2D eigenvalue weighted by molar-refractivity contribution is -0.0431. The minimum Gasteiger partial charge on any atom is -0.374 e. The Morgan fingerprint density at radius 3 is 1.59 bits per heavy atom. The van der Waals surface area contributed by atoms with Crippen LogP contribution < -0.4 is 28.7 Å². The first-order valence-electron chi connectivity index (χ1n) is 10.5. The van der Waals surface area contributed by atoms with Gasteiger partial charge in [-0.05, 0) is 90.5 Å². The molecule has 27 heavy (non-hydrogen) atoms. The highest BCUT2D eigenvalue weighted by atomic mass is 28.4. The van der Waals surface area contributed by atoms with Crippen molar-refractivity contribution in [2.75, 3.05) is 45.9 Å². The van der Waals surface area contributed by atoms with Crippen LogP contribution >= 0.6 is 0 Å². The van der Waals surface area contributed by atoms with Crippen LogP contribution in [0, 0.1) is 5.41 Å². The Bertz CT molecular complexity index is 330. The summed E-state index contributed by atoms with van der Waals surface area (Å²) in [6.45, 7) is 7.86. The Kier molecular flexibility index (Phi) is 15.7. The normalized spacial score (nSPS) is 13.9. The lowest BCUT2D eigenvalue weighted by Gasteiger charge is -2.44. The van der Waals surface area contributed by atoms with Crippen LogP contribution in [0.5, 0.6) is 0 Å². The molecule has 0 rings (SSSR count). The third-order valence-electron chi connectivity index (χ3n) is 5.02. The van der Waals surface area contributed by atoms with Gasteiger partial charge >= 0.3 is 8.80 Å². The summed E-state index contributed by atoms with van der Waals surface area (Å²) in [4.78, 5) is 0. The van der Waals surface area contributed by atoms with E-state index in [2.05, 4.69) is 0 Å². The van der Waals surface area contributed by atoms with Crippen LogP contribution in [0.3, 0.4) is 0 Å². The van der Waals surface area contributed by atoms with Crippen LogP contribution in [0.1, 0.15) is 52.4 Å². The zero-order chi connectivity index (χ0) is 20.6. The summed E-state index contributed by atoms with van der Waals surface area (Å²) >= 11 is 0. The highest BCUT2D eigenvalue weighted by molar-refractivity contribution is 6.60. The SMILES string of the molecule is CCO[Si](CCCN)(OCC)OC(CCCN)C(CCN)(CCN)CCN. The zero-order valence-electron chi connectivity index (χ0n) is 17.6. The fraction of sp³-hybridized carbons (Fsp3) is 1.00. The summed E-state index contributed by atoms with van der Waals surface area (Å²) < 4.78 is 19.0. The molecule has 10 N–H and O–H groups in total. The number of rotatable bonds is 19. The van der Waals surface area contributed by atoms with Crippen molar-refractivity contribution < 1.29 is 13.3 Å². The largest absolute Gasteiger partial charge is 0.501 e. The van der Waals surface area contributed by atoms with Gasteiger partial charge in [-0.3, -0.25) is 0 Å². The summed E-state index contributed by atoms with van der Waals surface area (Å²) in [7, 11) is -2.87. The monoisotopic (exact) mass is 407 g/mol. The topological polar surface area (TPSA) is 158 Å². The molecule has 0 spiro atoms. The van der Waals surface area contributed by atoms with Crippen LogP contribution in [0.15, 0.2) is 0 Å². The maximum atomic E-state index is 6.76. The molecule has 8 nitrogen and oxygen atoms in total. The minimum atomic E-state index is -2.87. The van der Waals surface area contributed by atoms with E-state index in [9.17, 15) is 0 Å². The smallest absolute Gasteiger partial charge is 0.374 e. The van der Waals surface area contributed by atoms with Gasteiger partial charge in [-0.25, -0.2) is 0 Å².